The molecule has 0 amide bonds. The van der Waals surface area contributed by atoms with Crippen LogP contribution in [-0.4, -0.2) is 28.3 Å². The fraction of sp³-hybridized carbons (Fsp3) is 0.222. The Labute approximate surface area is 115 Å². The summed E-state index contributed by atoms with van der Waals surface area (Å²) in [4.78, 5) is 9.78. The number of benzene rings is 1. The van der Waals surface area contributed by atoms with E-state index in [0.717, 1.165) is 13.0 Å². The van der Waals surface area contributed by atoms with Crippen LogP contribution in [0.5, 0.6) is 0 Å². The van der Waals surface area contributed by atoms with Gasteiger partial charge < -0.3 is 0 Å². The highest BCUT2D eigenvalue weighted by atomic mass is 35.5. The van der Waals surface area contributed by atoms with Crippen molar-refractivity contribution in [1.82, 2.24) is 4.72 Å². The smallest absolute Gasteiger partial charge is 0.222 e. The van der Waals surface area contributed by atoms with Gasteiger partial charge in [0.05, 0.1) is 4.90 Å². The molecule has 1 aromatic rings. The van der Waals surface area contributed by atoms with Gasteiger partial charge in [-0.2, -0.15) is 13.1 Å². The van der Waals surface area contributed by atoms with Gasteiger partial charge in [-0.25, -0.2) is 13.2 Å². The van der Waals surface area contributed by atoms with Crippen molar-refractivity contribution in [3.8, 4) is 0 Å². The maximum atomic E-state index is 12.0. The molecule has 0 spiro atoms. The fourth-order valence-electron chi connectivity index (χ4n) is 1.18. The summed E-state index contributed by atoms with van der Waals surface area (Å²) in [5.74, 6) is 0. The van der Waals surface area contributed by atoms with Gasteiger partial charge in [0, 0.05) is 5.02 Å². The van der Waals surface area contributed by atoms with Crippen LogP contribution in [0.1, 0.15) is 6.92 Å². The van der Waals surface area contributed by atoms with Gasteiger partial charge in [-0.15, -0.1) is 0 Å². The minimum Gasteiger partial charge on any atom is -0.222 e. The van der Waals surface area contributed by atoms with Crippen LogP contribution in [0.25, 0.3) is 0 Å². The van der Waals surface area contributed by atoms with E-state index in [4.69, 9.17) is 11.6 Å². The Morgan fingerprint density at radius 1 is 1.21 bits per heavy atom. The second kappa shape index (κ2) is 5.81. The van der Waals surface area contributed by atoms with Crippen molar-refractivity contribution in [2.24, 2.45) is 4.40 Å². The molecule has 0 fully saturated rings. The molecule has 19 heavy (non-hydrogen) atoms. The minimum atomic E-state index is -4.38. The molecule has 0 aliphatic heterocycles. The monoisotopic (exact) mass is 324 g/mol. The minimum absolute atomic E-state index is 0.109. The molecule has 0 heterocycles. The molecule has 1 rings (SSSR count). The number of isocyanates is 1. The summed E-state index contributed by atoms with van der Waals surface area (Å²) in [6.45, 7) is 1.11. The van der Waals surface area contributed by atoms with Gasteiger partial charge in [-0.05, 0) is 31.2 Å². The van der Waals surface area contributed by atoms with Crippen LogP contribution in [0.3, 0.4) is 0 Å². The zero-order valence-electron chi connectivity index (χ0n) is 9.57. The Hall–Kier alpha value is -1.25. The quantitative estimate of drug-likeness (QED) is 0.631. The van der Waals surface area contributed by atoms with Gasteiger partial charge in [0.15, 0.2) is 9.84 Å². The normalized spacial score (nSPS) is 13.6. The van der Waals surface area contributed by atoms with E-state index < -0.39 is 25.4 Å². The van der Waals surface area contributed by atoms with Crippen LogP contribution in [0.15, 0.2) is 33.6 Å². The first-order chi connectivity index (χ1) is 8.69. The number of nitrogens with one attached hydrogen (secondary N) is 1. The number of hydrogen-bond acceptors (Lipinski definition) is 5. The Bertz CT molecular complexity index is 705. The molecule has 1 atom stereocenters. The molecular formula is C9H9ClN2O5S2. The zero-order valence-corrected chi connectivity index (χ0v) is 12.0. The third-order valence-corrected chi connectivity index (χ3v) is 5.43. The van der Waals surface area contributed by atoms with E-state index in [2.05, 4.69) is 4.40 Å². The zero-order chi connectivity index (χ0) is 14.7. The van der Waals surface area contributed by atoms with Crippen molar-refractivity contribution in [2.75, 3.05) is 0 Å². The van der Waals surface area contributed by atoms with Crippen molar-refractivity contribution < 1.29 is 21.6 Å². The van der Waals surface area contributed by atoms with Crippen molar-refractivity contribution in [1.29, 1.82) is 0 Å². The van der Waals surface area contributed by atoms with E-state index >= 15 is 0 Å². The standard InChI is InChI=1S/C9H9ClN2O5S2/c1-7(12-19(16,17)11-6-13)18(14,15)9-4-2-8(10)3-5-9/h2-5,7,12H,1H3. The Morgan fingerprint density at radius 2 is 1.74 bits per heavy atom. The van der Waals surface area contributed by atoms with Gasteiger partial charge in [0.25, 0.3) is 6.08 Å². The molecule has 0 saturated heterocycles. The molecule has 0 radical (unpaired) electrons. The summed E-state index contributed by atoms with van der Waals surface area (Å²) in [6.07, 6.45) is 0.824. The molecule has 0 bridgehead atoms. The van der Waals surface area contributed by atoms with Crippen LogP contribution in [0.4, 0.5) is 0 Å². The highest BCUT2D eigenvalue weighted by molar-refractivity contribution is 7.94. The number of nitrogens with zero attached hydrogens (tertiary/aromatic N) is 1. The molecule has 7 nitrogen and oxygen atoms in total. The van der Waals surface area contributed by atoms with Crippen molar-refractivity contribution >= 4 is 37.7 Å². The van der Waals surface area contributed by atoms with Crippen molar-refractivity contribution in [3.63, 3.8) is 0 Å². The highest BCUT2D eigenvalue weighted by Crippen LogP contribution is 2.18. The second-order valence-corrected chi connectivity index (χ2v) is 7.49. The topological polar surface area (TPSA) is 110 Å². The first-order valence-corrected chi connectivity index (χ1v) is 8.16. The van der Waals surface area contributed by atoms with Gasteiger partial charge >= 0.3 is 10.2 Å². The SMILES string of the molecule is CC(NS(=O)(=O)N=C=O)S(=O)(=O)c1ccc(Cl)cc1. The summed E-state index contributed by atoms with van der Waals surface area (Å²) in [5, 5.41) is -1.14. The summed E-state index contributed by atoms with van der Waals surface area (Å²) in [6, 6.07) is 5.20. The van der Waals surface area contributed by atoms with Gasteiger partial charge in [0.2, 0.25) is 0 Å². The molecule has 104 valence electrons. The third-order valence-electron chi connectivity index (χ3n) is 2.08. The van der Waals surface area contributed by atoms with E-state index in [1.807, 2.05) is 0 Å². The van der Waals surface area contributed by atoms with E-state index in [-0.39, 0.29) is 4.90 Å². The van der Waals surface area contributed by atoms with E-state index in [1.54, 1.807) is 4.72 Å². The molecule has 10 heteroatoms. The molecular weight excluding hydrogens is 316 g/mol. The molecule has 1 aromatic carbocycles. The largest absolute Gasteiger partial charge is 0.331 e. The highest BCUT2D eigenvalue weighted by Gasteiger charge is 2.27. The lowest BCUT2D eigenvalue weighted by Crippen LogP contribution is -2.37. The van der Waals surface area contributed by atoms with Gasteiger partial charge in [-0.1, -0.05) is 16.0 Å². The van der Waals surface area contributed by atoms with E-state index in [9.17, 15) is 21.6 Å². The Morgan fingerprint density at radius 3 is 2.21 bits per heavy atom. The number of sulfone groups is 1. The average molecular weight is 325 g/mol. The van der Waals surface area contributed by atoms with Crippen LogP contribution in [0, 0.1) is 0 Å². The summed E-state index contributed by atoms with van der Waals surface area (Å²) < 4.78 is 50.5. The van der Waals surface area contributed by atoms with Crippen LogP contribution in [-0.2, 0) is 24.8 Å². The second-order valence-electron chi connectivity index (χ2n) is 3.42. The maximum absolute atomic E-state index is 12.0. The number of carbonyl (C=O) groups excluding carboxylic acids is 1. The molecule has 0 aromatic heterocycles. The maximum Gasteiger partial charge on any atom is 0.331 e. The third kappa shape index (κ3) is 4.12. The fourth-order valence-corrected chi connectivity index (χ4v) is 3.67. The first-order valence-electron chi connectivity index (χ1n) is 4.80. The van der Waals surface area contributed by atoms with E-state index in [1.165, 1.54) is 24.3 Å². The lowest BCUT2D eigenvalue weighted by Gasteiger charge is -2.12. The van der Waals surface area contributed by atoms with Crippen molar-refractivity contribution in [3.05, 3.63) is 29.3 Å². The summed E-state index contributed by atoms with van der Waals surface area (Å²) >= 11 is 5.62. The summed E-state index contributed by atoms with van der Waals surface area (Å²) in [5.41, 5.74) is 0. The van der Waals surface area contributed by atoms with Gasteiger partial charge in [-0.3, -0.25) is 0 Å². The van der Waals surface area contributed by atoms with Crippen LogP contribution in [0.2, 0.25) is 5.02 Å². The molecule has 1 N–H and O–H groups in total. The Kier molecular flexibility index (Phi) is 4.83. The molecule has 0 aliphatic carbocycles. The number of hydrogen-bond donors (Lipinski definition) is 1. The average Bonchev–Trinajstić information content (AvgIpc) is 2.28. The molecule has 1 unspecified atom stereocenters. The van der Waals surface area contributed by atoms with Crippen LogP contribution < -0.4 is 4.72 Å². The number of rotatable bonds is 5. The van der Waals surface area contributed by atoms with Gasteiger partial charge in [0.1, 0.15) is 5.37 Å². The molecule has 0 aliphatic rings. The van der Waals surface area contributed by atoms with E-state index in [0.29, 0.717) is 5.02 Å². The lowest BCUT2D eigenvalue weighted by molar-refractivity contribution is 0.554. The molecule has 0 saturated carbocycles. The lowest BCUT2D eigenvalue weighted by atomic mass is 10.4. The van der Waals surface area contributed by atoms with Crippen LogP contribution >= 0.6 is 11.6 Å². The summed E-state index contributed by atoms with van der Waals surface area (Å²) in [7, 11) is -8.33. The predicted molar refractivity (Wildman–Crippen MR) is 68.3 cm³/mol. The number of halogens is 1. The first kappa shape index (κ1) is 15.8. The van der Waals surface area contributed by atoms with Crippen molar-refractivity contribution in [2.45, 2.75) is 17.2 Å². The predicted octanol–water partition coefficient (Wildman–Crippen LogP) is 0.630. The Balaban J connectivity index is 3.08.